The number of nitrogens with zero attached hydrogens (tertiary/aromatic N) is 1. The smallest absolute Gasteiger partial charge is 0.0711 e. The number of aromatic nitrogens is 1. The van der Waals surface area contributed by atoms with Gasteiger partial charge in [0.25, 0.3) is 0 Å². The lowest BCUT2D eigenvalue weighted by atomic mass is 9.73. The second-order valence-electron chi connectivity index (χ2n) is 5.73. The van der Waals surface area contributed by atoms with Crippen LogP contribution in [0.25, 0.3) is 11.3 Å². The Bertz CT molecular complexity index is 775. The van der Waals surface area contributed by atoms with Gasteiger partial charge >= 0.3 is 0 Å². The minimum absolute atomic E-state index is 0.262. The molecule has 4 aliphatic rings. The highest BCUT2D eigenvalue weighted by Crippen LogP contribution is 2.69. The van der Waals surface area contributed by atoms with Crippen molar-refractivity contribution in [1.82, 2.24) is 4.98 Å². The number of hydrogen-bond acceptors (Lipinski definition) is 1. The van der Waals surface area contributed by atoms with Crippen LogP contribution in [-0.2, 0) is 11.8 Å². The molecule has 5 bridgehead atoms. The van der Waals surface area contributed by atoms with Gasteiger partial charge in [0, 0.05) is 17.2 Å². The van der Waals surface area contributed by atoms with Crippen LogP contribution in [0.3, 0.4) is 0 Å². The molecule has 0 fully saturated rings. The fraction of sp³-hybridized carbons (Fsp3) is 0.188. The second kappa shape index (κ2) is 1.86. The highest BCUT2D eigenvalue weighted by atomic mass is 14.8. The Morgan fingerprint density at radius 3 is 2.94 bits per heavy atom. The average molecular weight is 215 g/mol. The number of hydrogen-bond donors (Lipinski definition) is 0. The van der Waals surface area contributed by atoms with Gasteiger partial charge in [0.2, 0.25) is 0 Å². The third-order valence-corrected chi connectivity index (χ3v) is 4.94. The summed E-state index contributed by atoms with van der Waals surface area (Å²) in [5.41, 5.74) is 10.2. The molecule has 1 spiro atoms. The molecule has 1 nitrogen and oxygen atoms in total. The van der Waals surface area contributed by atoms with Crippen LogP contribution in [0.15, 0.2) is 36.4 Å². The van der Waals surface area contributed by atoms with E-state index in [-0.39, 0.29) is 5.41 Å². The summed E-state index contributed by atoms with van der Waals surface area (Å²) in [6, 6.07) is 9.38. The van der Waals surface area contributed by atoms with Crippen molar-refractivity contribution in [3.05, 3.63) is 64.4 Å². The fourth-order valence-corrected chi connectivity index (χ4v) is 4.14. The van der Waals surface area contributed by atoms with Crippen molar-refractivity contribution in [2.75, 3.05) is 0 Å². The van der Waals surface area contributed by atoms with Gasteiger partial charge in [0.05, 0.1) is 11.1 Å². The van der Waals surface area contributed by atoms with Crippen molar-refractivity contribution >= 4 is 0 Å². The van der Waals surface area contributed by atoms with Gasteiger partial charge in [0.15, 0.2) is 0 Å². The summed E-state index contributed by atoms with van der Waals surface area (Å²) >= 11 is 0. The molecule has 1 heteroatoms. The number of allylic oxidation sites excluding steroid dienone is 2. The summed E-state index contributed by atoms with van der Waals surface area (Å²) < 4.78 is 0. The standard InChI is InChI=1S/C16H9N/c1-2-16-11(1)14-7-9-3-8-4-10(13(6-9)17-14)15(16)12(16)5-8/h1-2,4-7,11H,3H2. The molecule has 2 atom stereocenters. The van der Waals surface area contributed by atoms with E-state index in [0.29, 0.717) is 5.92 Å². The maximum Gasteiger partial charge on any atom is 0.0711 e. The van der Waals surface area contributed by atoms with Gasteiger partial charge in [-0.25, -0.2) is 0 Å². The molecular weight excluding hydrogens is 206 g/mol. The lowest BCUT2D eigenvalue weighted by molar-refractivity contribution is 0.608. The Morgan fingerprint density at radius 2 is 2.06 bits per heavy atom. The van der Waals surface area contributed by atoms with Gasteiger partial charge in [-0.3, -0.25) is 4.98 Å². The SMILES string of the molecule is C1=CC23c4cc5cc(c42)-c2cc(cc(n2)C13)C5. The Hall–Kier alpha value is -1.89. The molecule has 0 amide bonds. The van der Waals surface area contributed by atoms with E-state index in [1.807, 2.05) is 0 Å². The first kappa shape index (κ1) is 7.44. The van der Waals surface area contributed by atoms with Crippen LogP contribution in [0, 0.1) is 0 Å². The maximum absolute atomic E-state index is 4.86. The summed E-state index contributed by atoms with van der Waals surface area (Å²) in [6.45, 7) is 0. The van der Waals surface area contributed by atoms with E-state index in [0.717, 1.165) is 6.42 Å². The zero-order valence-corrected chi connectivity index (χ0v) is 9.20. The topological polar surface area (TPSA) is 12.9 Å². The monoisotopic (exact) mass is 215 g/mol. The summed E-state index contributed by atoms with van der Waals surface area (Å²) in [4.78, 5) is 4.86. The van der Waals surface area contributed by atoms with E-state index >= 15 is 0 Å². The van der Waals surface area contributed by atoms with Gasteiger partial charge < -0.3 is 0 Å². The molecule has 2 heterocycles. The molecule has 0 saturated carbocycles. The first-order chi connectivity index (χ1) is 8.36. The molecule has 0 N–H and O–H groups in total. The van der Waals surface area contributed by atoms with E-state index in [9.17, 15) is 0 Å². The molecule has 1 aliphatic heterocycles. The largest absolute Gasteiger partial charge is 0.252 e. The number of pyridine rings is 1. The lowest BCUT2D eigenvalue weighted by Crippen LogP contribution is -2.24. The summed E-state index contributed by atoms with van der Waals surface area (Å²) in [6.07, 6.45) is 5.79. The predicted octanol–water partition coefficient (Wildman–Crippen LogP) is 2.92. The van der Waals surface area contributed by atoms with Gasteiger partial charge in [-0.05, 0) is 46.9 Å². The molecule has 6 rings (SSSR count). The van der Waals surface area contributed by atoms with Crippen molar-refractivity contribution in [3.8, 4) is 11.3 Å². The second-order valence-corrected chi connectivity index (χ2v) is 5.73. The molecule has 17 heavy (non-hydrogen) atoms. The van der Waals surface area contributed by atoms with Crippen LogP contribution in [0.1, 0.15) is 33.9 Å². The first-order valence-corrected chi connectivity index (χ1v) is 6.25. The predicted molar refractivity (Wildman–Crippen MR) is 65.1 cm³/mol. The molecule has 1 aromatic heterocycles. The number of fused-ring (bicyclic) bond motifs is 4. The summed E-state index contributed by atoms with van der Waals surface area (Å²) in [7, 11) is 0. The molecule has 78 valence electrons. The van der Waals surface area contributed by atoms with Gasteiger partial charge in [0.1, 0.15) is 0 Å². The van der Waals surface area contributed by atoms with E-state index in [2.05, 4.69) is 36.4 Å². The maximum atomic E-state index is 4.86. The van der Waals surface area contributed by atoms with E-state index < -0.39 is 0 Å². The van der Waals surface area contributed by atoms with Crippen molar-refractivity contribution in [1.29, 1.82) is 0 Å². The molecule has 3 aliphatic carbocycles. The Balaban J connectivity index is 1.96. The first-order valence-electron chi connectivity index (χ1n) is 6.25. The number of benzene rings is 1. The van der Waals surface area contributed by atoms with Gasteiger partial charge in [-0.2, -0.15) is 0 Å². The zero-order chi connectivity index (χ0) is 10.8. The third kappa shape index (κ3) is 0.573. The van der Waals surface area contributed by atoms with Crippen molar-refractivity contribution in [3.63, 3.8) is 0 Å². The van der Waals surface area contributed by atoms with Crippen LogP contribution < -0.4 is 0 Å². The summed E-state index contributed by atoms with van der Waals surface area (Å²) in [5, 5.41) is 0. The van der Waals surface area contributed by atoms with Crippen molar-refractivity contribution in [2.45, 2.75) is 17.8 Å². The minimum Gasteiger partial charge on any atom is -0.252 e. The van der Waals surface area contributed by atoms with Crippen molar-refractivity contribution < 1.29 is 0 Å². The van der Waals surface area contributed by atoms with E-state index in [4.69, 9.17) is 4.98 Å². The lowest BCUT2D eigenvalue weighted by Gasteiger charge is -2.29. The molecule has 0 radical (unpaired) electrons. The number of rotatable bonds is 0. The quantitative estimate of drug-likeness (QED) is 0.525. The van der Waals surface area contributed by atoms with Crippen LogP contribution in [-0.4, -0.2) is 4.98 Å². The van der Waals surface area contributed by atoms with Gasteiger partial charge in [-0.1, -0.05) is 18.2 Å². The van der Waals surface area contributed by atoms with Gasteiger partial charge in [-0.15, -0.1) is 0 Å². The third-order valence-electron chi connectivity index (χ3n) is 4.94. The highest BCUT2D eigenvalue weighted by molar-refractivity contribution is 5.87. The van der Waals surface area contributed by atoms with E-state index in [1.165, 1.54) is 28.1 Å². The minimum atomic E-state index is 0.262. The van der Waals surface area contributed by atoms with E-state index in [1.54, 1.807) is 11.1 Å². The Morgan fingerprint density at radius 1 is 1.12 bits per heavy atom. The average Bonchev–Trinajstić information content (AvgIpc) is 2.97. The van der Waals surface area contributed by atoms with Crippen LogP contribution in [0.5, 0.6) is 0 Å². The van der Waals surface area contributed by atoms with Crippen LogP contribution in [0.4, 0.5) is 0 Å². The Labute approximate surface area is 98.8 Å². The van der Waals surface area contributed by atoms with Crippen LogP contribution >= 0.6 is 0 Å². The Kier molecular flexibility index (Phi) is 0.814. The van der Waals surface area contributed by atoms with Crippen LogP contribution in [0.2, 0.25) is 0 Å². The normalized spacial score (nSPS) is 30.7. The highest BCUT2D eigenvalue weighted by Gasteiger charge is 2.61. The molecule has 1 aromatic carbocycles. The fourth-order valence-electron chi connectivity index (χ4n) is 4.14. The summed E-state index contributed by atoms with van der Waals surface area (Å²) in [5.74, 6) is 0.519. The molecular formula is C16H9N. The molecule has 2 aromatic rings. The van der Waals surface area contributed by atoms with Crippen molar-refractivity contribution in [2.24, 2.45) is 0 Å². The zero-order valence-electron chi connectivity index (χ0n) is 9.20. The molecule has 0 saturated heterocycles. The molecule has 2 unspecified atom stereocenters.